The topological polar surface area (TPSA) is 65.5 Å². The minimum absolute atomic E-state index is 0.0186. The van der Waals surface area contributed by atoms with Gasteiger partial charge in [0.25, 0.3) is 0 Å². The minimum atomic E-state index is -0.823. The standard InChI is InChI=1S/C11H17N3O2S/c1-8(14-4-2-12-3-5-14)11-13-9(7-17-11)6-10(15)16/h7-8,12H,2-6H2,1H3,(H,15,16). The second kappa shape index (κ2) is 5.57. The van der Waals surface area contributed by atoms with Gasteiger partial charge in [0.15, 0.2) is 0 Å². The Morgan fingerprint density at radius 3 is 3.00 bits per heavy atom. The van der Waals surface area contributed by atoms with E-state index in [1.165, 1.54) is 0 Å². The molecule has 5 nitrogen and oxygen atoms in total. The van der Waals surface area contributed by atoms with Crippen molar-refractivity contribution in [2.45, 2.75) is 19.4 Å². The molecule has 1 unspecified atom stereocenters. The number of piperazine rings is 1. The minimum Gasteiger partial charge on any atom is -0.481 e. The van der Waals surface area contributed by atoms with E-state index in [9.17, 15) is 4.79 Å². The molecule has 0 amide bonds. The quantitative estimate of drug-likeness (QED) is 0.830. The molecule has 1 aromatic rings. The van der Waals surface area contributed by atoms with E-state index < -0.39 is 5.97 Å². The molecule has 94 valence electrons. The van der Waals surface area contributed by atoms with E-state index in [1.54, 1.807) is 11.3 Å². The van der Waals surface area contributed by atoms with E-state index in [1.807, 2.05) is 5.38 Å². The summed E-state index contributed by atoms with van der Waals surface area (Å²) in [6, 6.07) is 0.282. The number of hydrogen-bond donors (Lipinski definition) is 2. The van der Waals surface area contributed by atoms with E-state index in [0.717, 1.165) is 31.2 Å². The summed E-state index contributed by atoms with van der Waals surface area (Å²) in [5.41, 5.74) is 0.666. The number of rotatable bonds is 4. The van der Waals surface area contributed by atoms with Crippen molar-refractivity contribution in [2.24, 2.45) is 0 Å². The summed E-state index contributed by atoms with van der Waals surface area (Å²) in [6.45, 7) is 6.20. The zero-order valence-corrected chi connectivity index (χ0v) is 10.7. The summed E-state index contributed by atoms with van der Waals surface area (Å²) < 4.78 is 0. The smallest absolute Gasteiger partial charge is 0.309 e. The second-order valence-corrected chi connectivity index (χ2v) is 5.10. The second-order valence-electron chi connectivity index (χ2n) is 4.21. The van der Waals surface area contributed by atoms with Gasteiger partial charge in [0, 0.05) is 31.6 Å². The van der Waals surface area contributed by atoms with Gasteiger partial charge < -0.3 is 10.4 Å². The predicted octanol–water partition coefficient (Wildman–Crippen LogP) is 0.736. The van der Waals surface area contributed by atoms with Gasteiger partial charge in [-0.25, -0.2) is 4.98 Å². The number of thiazole rings is 1. The fourth-order valence-corrected chi connectivity index (χ4v) is 2.89. The highest BCUT2D eigenvalue weighted by atomic mass is 32.1. The monoisotopic (exact) mass is 255 g/mol. The summed E-state index contributed by atoms with van der Waals surface area (Å²) in [5.74, 6) is -0.823. The maximum absolute atomic E-state index is 10.6. The zero-order chi connectivity index (χ0) is 12.3. The molecule has 0 saturated carbocycles. The molecule has 2 N–H and O–H groups in total. The van der Waals surface area contributed by atoms with Crippen LogP contribution in [0.15, 0.2) is 5.38 Å². The van der Waals surface area contributed by atoms with Crippen molar-refractivity contribution in [3.05, 3.63) is 16.1 Å². The molecule has 17 heavy (non-hydrogen) atoms. The maximum atomic E-state index is 10.6. The van der Waals surface area contributed by atoms with Crippen molar-refractivity contribution < 1.29 is 9.90 Å². The van der Waals surface area contributed by atoms with E-state index in [4.69, 9.17) is 5.11 Å². The lowest BCUT2D eigenvalue weighted by molar-refractivity contribution is -0.136. The lowest BCUT2D eigenvalue weighted by atomic mass is 10.2. The van der Waals surface area contributed by atoms with Gasteiger partial charge in [-0.3, -0.25) is 9.69 Å². The number of nitrogens with one attached hydrogen (secondary N) is 1. The molecule has 1 aliphatic rings. The Bertz CT molecular complexity index is 388. The largest absolute Gasteiger partial charge is 0.481 e. The van der Waals surface area contributed by atoms with Gasteiger partial charge in [-0.1, -0.05) is 0 Å². The first-order chi connectivity index (χ1) is 8.16. The van der Waals surface area contributed by atoms with Crippen molar-refractivity contribution in [2.75, 3.05) is 26.2 Å². The number of carbonyl (C=O) groups is 1. The molecule has 1 atom stereocenters. The Hall–Kier alpha value is -0.980. The fourth-order valence-electron chi connectivity index (χ4n) is 1.98. The van der Waals surface area contributed by atoms with Crippen molar-refractivity contribution in [1.29, 1.82) is 0 Å². The summed E-state index contributed by atoms with van der Waals surface area (Å²) in [6.07, 6.45) is 0.0186. The third-order valence-corrected chi connectivity index (χ3v) is 4.02. The summed E-state index contributed by atoms with van der Waals surface area (Å²) in [5, 5.41) is 14.9. The average molecular weight is 255 g/mol. The number of aliphatic carboxylic acids is 1. The molecule has 2 rings (SSSR count). The van der Waals surface area contributed by atoms with Crippen molar-refractivity contribution in [3.63, 3.8) is 0 Å². The van der Waals surface area contributed by atoms with Gasteiger partial charge in [-0.05, 0) is 6.92 Å². The third kappa shape index (κ3) is 3.24. The first-order valence-corrected chi connectivity index (χ1v) is 6.65. The van der Waals surface area contributed by atoms with Crippen LogP contribution in [0.1, 0.15) is 23.7 Å². The molecule has 6 heteroatoms. The molecular formula is C11H17N3O2S. The zero-order valence-electron chi connectivity index (χ0n) is 9.85. The Balaban J connectivity index is 2.00. The molecule has 0 spiro atoms. The highest BCUT2D eigenvalue weighted by Gasteiger charge is 2.20. The van der Waals surface area contributed by atoms with Gasteiger partial charge >= 0.3 is 5.97 Å². The number of hydrogen-bond acceptors (Lipinski definition) is 5. The van der Waals surface area contributed by atoms with Gasteiger partial charge in [-0.2, -0.15) is 0 Å². The van der Waals surface area contributed by atoms with Gasteiger partial charge in [0.1, 0.15) is 5.01 Å². The Morgan fingerprint density at radius 1 is 1.65 bits per heavy atom. The summed E-state index contributed by atoms with van der Waals surface area (Å²) in [7, 11) is 0. The van der Waals surface area contributed by atoms with Gasteiger partial charge in [-0.15, -0.1) is 11.3 Å². The first-order valence-electron chi connectivity index (χ1n) is 5.77. The number of aromatic nitrogens is 1. The maximum Gasteiger partial charge on any atom is 0.309 e. The Labute approximate surface area is 104 Å². The molecule has 1 aliphatic heterocycles. The Morgan fingerprint density at radius 2 is 2.35 bits per heavy atom. The van der Waals surface area contributed by atoms with E-state index in [2.05, 4.69) is 22.1 Å². The molecule has 0 aliphatic carbocycles. The van der Waals surface area contributed by atoms with Crippen LogP contribution in [0.25, 0.3) is 0 Å². The van der Waals surface area contributed by atoms with Crippen LogP contribution >= 0.6 is 11.3 Å². The van der Waals surface area contributed by atoms with Crippen LogP contribution in [0.5, 0.6) is 0 Å². The number of nitrogens with zero attached hydrogens (tertiary/aromatic N) is 2. The highest BCUT2D eigenvalue weighted by Crippen LogP contribution is 2.24. The van der Waals surface area contributed by atoms with Gasteiger partial charge in [0.2, 0.25) is 0 Å². The molecule has 0 aromatic carbocycles. The van der Waals surface area contributed by atoms with E-state index in [-0.39, 0.29) is 12.5 Å². The van der Waals surface area contributed by atoms with Crippen LogP contribution in [-0.4, -0.2) is 47.1 Å². The van der Waals surface area contributed by atoms with Gasteiger partial charge in [0.05, 0.1) is 18.2 Å². The normalized spacial score (nSPS) is 19.1. The van der Waals surface area contributed by atoms with Crippen LogP contribution < -0.4 is 5.32 Å². The molecular weight excluding hydrogens is 238 g/mol. The molecule has 1 aromatic heterocycles. The van der Waals surface area contributed by atoms with Crippen molar-refractivity contribution in [1.82, 2.24) is 15.2 Å². The predicted molar refractivity (Wildman–Crippen MR) is 66.3 cm³/mol. The summed E-state index contributed by atoms with van der Waals surface area (Å²) >= 11 is 1.56. The fraction of sp³-hybridized carbons (Fsp3) is 0.636. The SMILES string of the molecule is CC(c1nc(CC(=O)O)cs1)N1CCNCC1. The molecule has 1 saturated heterocycles. The molecule has 0 radical (unpaired) electrons. The highest BCUT2D eigenvalue weighted by molar-refractivity contribution is 7.09. The van der Waals surface area contributed by atoms with Crippen molar-refractivity contribution >= 4 is 17.3 Å². The van der Waals surface area contributed by atoms with Crippen LogP contribution in [0.4, 0.5) is 0 Å². The third-order valence-electron chi connectivity index (χ3n) is 2.96. The molecule has 1 fully saturated rings. The lowest BCUT2D eigenvalue weighted by Gasteiger charge is -2.31. The van der Waals surface area contributed by atoms with Crippen molar-refractivity contribution in [3.8, 4) is 0 Å². The van der Waals surface area contributed by atoms with Crippen LogP contribution in [-0.2, 0) is 11.2 Å². The van der Waals surface area contributed by atoms with Crippen LogP contribution in [0.2, 0.25) is 0 Å². The lowest BCUT2D eigenvalue weighted by Crippen LogP contribution is -2.44. The number of carboxylic acid groups (broad SMARTS) is 1. The van der Waals surface area contributed by atoms with E-state index in [0.29, 0.717) is 5.69 Å². The Kier molecular flexibility index (Phi) is 4.09. The first kappa shape index (κ1) is 12.5. The van der Waals surface area contributed by atoms with E-state index >= 15 is 0 Å². The van der Waals surface area contributed by atoms with Crippen LogP contribution in [0, 0.1) is 0 Å². The number of carboxylic acids is 1. The summed E-state index contributed by atoms with van der Waals surface area (Å²) in [4.78, 5) is 17.4. The molecule has 2 heterocycles. The molecule has 0 bridgehead atoms. The van der Waals surface area contributed by atoms with Crippen LogP contribution in [0.3, 0.4) is 0 Å². The average Bonchev–Trinajstić information content (AvgIpc) is 2.77.